The molecular weight excluding hydrogens is 459 g/mol. The van der Waals surface area contributed by atoms with Crippen LogP contribution in [0, 0.1) is 10.5 Å². The van der Waals surface area contributed by atoms with Gasteiger partial charge in [0.1, 0.15) is 0 Å². The molecular formula is C19H15IN4OS. The normalized spacial score (nSPS) is 11.2. The van der Waals surface area contributed by atoms with Crippen molar-refractivity contribution < 1.29 is 4.79 Å². The van der Waals surface area contributed by atoms with E-state index < -0.39 is 0 Å². The van der Waals surface area contributed by atoms with E-state index in [1.54, 1.807) is 0 Å². The van der Waals surface area contributed by atoms with Crippen molar-refractivity contribution in [1.29, 1.82) is 0 Å². The molecule has 0 aliphatic heterocycles. The van der Waals surface area contributed by atoms with Crippen molar-refractivity contribution >= 4 is 62.5 Å². The highest BCUT2D eigenvalue weighted by atomic mass is 127. The first kappa shape index (κ1) is 17.3. The molecule has 0 aliphatic rings. The number of nitrogens with one attached hydrogen (secondary N) is 1. The molecule has 1 amide bonds. The minimum absolute atomic E-state index is 0.0647. The van der Waals surface area contributed by atoms with Gasteiger partial charge < -0.3 is 5.32 Å². The van der Waals surface area contributed by atoms with Gasteiger partial charge in [0.15, 0.2) is 10.8 Å². The van der Waals surface area contributed by atoms with Gasteiger partial charge in [-0.3, -0.25) is 9.20 Å². The number of hydrogen-bond donors (Lipinski definition) is 1. The van der Waals surface area contributed by atoms with Crippen LogP contribution in [0.1, 0.15) is 5.56 Å². The summed E-state index contributed by atoms with van der Waals surface area (Å²) in [5.41, 5.74) is 3.80. The van der Waals surface area contributed by atoms with Crippen molar-refractivity contribution in [3.8, 4) is 0 Å². The predicted octanol–water partition coefficient (Wildman–Crippen LogP) is 4.53. The Morgan fingerprint density at radius 3 is 2.85 bits per heavy atom. The number of amides is 1. The maximum absolute atomic E-state index is 12.3. The topological polar surface area (TPSA) is 59.3 Å². The van der Waals surface area contributed by atoms with Gasteiger partial charge >= 0.3 is 0 Å². The zero-order valence-electron chi connectivity index (χ0n) is 13.9. The van der Waals surface area contributed by atoms with Crippen molar-refractivity contribution in [2.75, 3.05) is 11.1 Å². The minimum Gasteiger partial charge on any atom is -0.325 e. The molecule has 2 heterocycles. The molecule has 0 radical (unpaired) electrons. The lowest BCUT2D eigenvalue weighted by Crippen LogP contribution is -2.14. The van der Waals surface area contributed by atoms with Crippen LogP contribution in [0.4, 0.5) is 5.69 Å². The molecule has 0 bridgehead atoms. The highest BCUT2D eigenvalue weighted by Crippen LogP contribution is 2.25. The van der Waals surface area contributed by atoms with Gasteiger partial charge in [-0.1, -0.05) is 36.0 Å². The molecule has 0 fully saturated rings. The van der Waals surface area contributed by atoms with E-state index in [1.807, 2.05) is 46.9 Å². The first-order valence-electron chi connectivity index (χ1n) is 8.03. The standard InChI is InChI=1S/C19H15IN4OS/c1-12-9-17-22-23-19(24(17)16-8-3-2-7-15(12)16)26-11-18(25)21-14-6-4-5-13(20)10-14/h2-10H,11H2,1H3,(H,21,25). The second kappa shape index (κ2) is 7.24. The predicted molar refractivity (Wildman–Crippen MR) is 114 cm³/mol. The number of carbonyl (C=O) groups is 1. The minimum atomic E-state index is -0.0647. The molecule has 0 saturated carbocycles. The zero-order valence-corrected chi connectivity index (χ0v) is 16.9. The Kier molecular flexibility index (Phi) is 4.82. The summed E-state index contributed by atoms with van der Waals surface area (Å²) in [5.74, 6) is 0.208. The average molecular weight is 474 g/mol. The van der Waals surface area contributed by atoms with Gasteiger partial charge in [0.05, 0.1) is 11.3 Å². The van der Waals surface area contributed by atoms with Gasteiger partial charge in [0, 0.05) is 14.6 Å². The maximum atomic E-state index is 12.3. The van der Waals surface area contributed by atoms with E-state index in [4.69, 9.17) is 0 Å². The Balaban J connectivity index is 1.58. The van der Waals surface area contributed by atoms with Gasteiger partial charge in [-0.2, -0.15) is 0 Å². The Morgan fingerprint density at radius 1 is 1.15 bits per heavy atom. The Hall–Kier alpha value is -2.13. The molecule has 4 rings (SSSR count). The molecule has 26 heavy (non-hydrogen) atoms. The molecule has 130 valence electrons. The van der Waals surface area contributed by atoms with Gasteiger partial charge in [-0.25, -0.2) is 0 Å². The second-order valence-corrected chi connectivity index (χ2v) is 8.06. The van der Waals surface area contributed by atoms with Crippen LogP contribution in [-0.2, 0) is 4.79 Å². The fourth-order valence-corrected chi connectivity index (χ4v) is 4.16. The third kappa shape index (κ3) is 3.41. The second-order valence-electron chi connectivity index (χ2n) is 5.87. The number of carbonyl (C=O) groups excluding carboxylic acids is 1. The summed E-state index contributed by atoms with van der Waals surface area (Å²) < 4.78 is 3.09. The van der Waals surface area contributed by atoms with Crippen molar-refractivity contribution in [3.05, 3.63) is 63.7 Å². The number of pyridine rings is 1. The van der Waals surface area contributed by atoms with Crippen LogP contribution in [0.2, 0.25) is 0 Å². The van der Waals surface area contributed by atoms with Crippen LogP contribution < -0.4 is 5.32 Å². The number of nitrogens with zero attached hydrogens (tertiary/aromatic N) is 3. The van der Waals surface area contributed by atoms with Gasteiger partial charge in [0.25, 0.3) is 0 Å². The first-order chi connectivity index (χ1) is 12.6. The summed E-state index contributed by atoms with van der Waals surface area (Å²) in [6, 6.07) is 17.9. The number of aromatic nitrogens is 3. The molecule has 0 spiro atoms. The molecule has 7 heteroatoms. The Bertz CT molecular complexity index is 1130. The Morgan fingerprint density at radius 2 is 2.00 bits per heavy atom. The summed E-state index contributed by atoms with van der Waals surface area (Å²) in [4.78, 5) is 12.3. The van der Waals surface area contributed by atoms with E-state index in [9.17, 15) is 4.79 Å². The largest absolute Gasteiger partial charge is 0.325 e. The number of halogens is 1. The number of thioether (sulfide) groups is 1. The van der Waals surface area contributed by atoms with Crippen LogP contribution in [0.3, 0.4) is 0 Å². The van der Waals surface area contributed by atoms with Crippen molar-refractivity contribution in [1.82, 2.24) is 14.6 Å². The molecule has 2 aromatic carbocycles. The van der Waals surface area contributed by atoms with Crippen molar-refractivity contribution in [2.45, 2.75) is 12.1 Å². The molecule has 0 atom stereocenters. The van der Waals surface area contributed by atoms with E-state index in [1.165, 1.54) is 11.8 Å². The van der Waals surface area contributed by atoms with Gasteiger partial charge in [-0.05, 0) is 65.4 Å². The smallest absolute Gasteiger partial charge is 0.234 e. The lowest BCUT2D eigenvalue weighted by atomic mass is 10.1. The zero-order chi connectivity index (χ0) is 18.1. The summed E-state index contributed by atoms with van der Waals surface area (Å²) >= 11 is 3.61. The van der Waals surface area contributed by atoms with E-state index in [2.05, 4.69) is 57.2 Å². The molecule has 5 nitrogen and oxygen atoms in total. The van der Waals surface area contributed by atoms with Crippen LogP contribution >= 0.6 is 34.4 Å². The van der Waals surface area contributed by atoms with Crippen LogP contribution in [0.25, 0.3) is 16.6 Å². The highest BCUT2D eigenvalue weighted by Gasteiger charge is 2.13. The highest BCUT2D eigenvalue weighted by molar-refractivity contribution is 14.1. The summed E-state index contributed by atoms with van der Waals surface area (Å²) in [6.45, 7) is 2.07. The number of fused-ring (bicyclic) bond motifs is 3. The summed E-state index contributed by atoms with van der Waals surface area (Å²) in [6.07, 6.45) is 0. The number of para-hydroxylation sites is 1. The van der Waals surface area contributed by atoms with Crippen LogP contribution in [0.5, 0.6) is 0 Å². The fourth-order valence-electron chi connectivity index (χ4n) is 2.86. The van der Waals surface area contributed by atoms with Gasteiger partial charge in [-0.15, -0.1) is 10.2 Å². The van der Waals surface area contributed by atoms with E-state index in [0.29, 0.717) is 5.16 Å². The molecule has 1 N–H and O–H groups in total. The number of hydrogen-bond acceptors (Lipinski definition) is 4. The van der Waals surface area contributed by atoms with E-state index in [0.717, 1.165) is 31.4 Å². The lowest BCUT2D eigenvalue weighted by molar-refractivity contribution is -0.113. The third-order valence-corrected chi connectivity index (χ3v) is 5.61. The monoisotopic (exact) mass is 474 g/mol. The fraction of sp³-hybridized carbons (Fsp3) is 0.105. The van der Waals surface area contributed by atoms with Crippen LogP contribution in [-0.4, -0.2) is 26.3 Å². The SMILES string of the molecule is Cc1cc2nnc(SCC(=O)Nc3cccc(I)c3)n2c2ccccc12. The maximum Gasteiger partial charge on any atom is 0.234 e. The van der Waals surface area contributed by atoms with Crippen molar-refractivity contribution in [2.24, 2.45) is 0 Å². The number of anilines is 1. The number of benzene rings is 2. The molecule has 0 unspecified atom stereocenters. The van der Waals surface area contributed by atoms with Crippen molar-refractivity contribution in [3.63, 3.8) is 0 Å². The van der Waals surface area contributed by atoms with E-state index >= 15 is 0 Å². The third-order valence-electron chi connectivity index (χ3n) is 4.01. The molecule has 0 saturated heterocycles. The summed E-state index contributed by atoms with van der Waals surface area (Å²) in [5, 5.41) is 13.3. The lowest BCUT2D eigenvalue weighted by Gasteiger charge is -2.08. The average Bonchev–Trinajstić information content (AvgIpc) is 3.03. The van der Waals surface area contributed by atoms with E-state index in [-0.39, 0.29) is 11.7 Å². The molecule has 4 aromatic rings. The quantitative estimate of drug-likeness (QED) is 0.349. The molecule has 2 aromatic heterocycles. The number of rotatable bonds is 4. The first-order valence-corrected chi connectivity index (χ1v) is 10.1. The molecule has 0 aliphatic carbocycles. The van der Waals surface area contributed by atoms with Crippen LogP contribution in [0.15, 0.2) is 59.8 Å². The number of aryl methyl sites for hydroxylation is 1. The summed E-state index contributed by atoms with van der Waals surface area (Å²) in [7, 11) is 0. The van der Waals surface area contributed by atoms with Gasteiger partial charge in [0.2, 0.25) is 5.91 Å². The Labute approximate surface area is 168 Å².